The van der Waals surface area contributed by atoms with E-state index in [4.69, 9.17) is 5.11 Å². The van der Waals surface area contributed by atoms with Gasteiger partial charge in [-0.2, -0.15) is 0 Å². The second kappa shape index (κ2) is 3.73. The van der Waals surface area contributed by atoms with E-state index < -0.39 is 5.97 Å². The molecule has 0 saturated heterocycles. The second-order valence-electron chi connectivity index (χ2n) is 3.58. The summed E-state index contributed by atoms with van der Waals surface area (Å²) in [6.07, 6.45) is 2.01. The number of anilines is 1. The number of carboxylic acids is 1. The number of carbonyl (C=O) groups excluding carboxylic acids is 1. The highest BCUT2D eigenvalue weighted by Gasteiger charge is 2.14. The maximum atomic E-state index is 11.2. The summed E-state index contributed by atoms with van der Waals surface area (Å²) in [7, 11) is 0. The van der Waals surface area contributed by atoms with Crippen LogP contribution in [0.3, 0.4) is 0 Å². The summed E-state index contributed by atoms with van der Waals surface area (Å²) in [4.78, 5) is 22.0. The molecule has 0 aliphatic carbocycles. The van der Waals surface area contributed by atoms with Crippen molar-refractivity contribution in [3.8, 4) is 0 Å². The van der Waals surface area contributed by atoms with Gasteiger partial charge in [-0.25, -0.2) is 4.79 Å². The van der Waals surface area contributed by atoms with Crippen molar-refractivity contribution in [1.29, 1.82) is 0 Å². The van der Waals surface area contributed by atoms with Crippen molar-refractivity contribution in [2.24, 2.45) is 0 Å². The Kier molecular flexibility index (Phi) is 2.41. The molecule has 1 aromatic carbocycles. The van der Waals surface area contributed by atoms with Crippen molar-refractivity contribution in [3.05, 3.63) is 29.3 Å². The molecule has 1 aliphatic heterocycles. The van der Waals surface area contributed by atoms with Gasteiger partial charge in [-0.15, -0.1) is 0 Å². The third-order valence-electron chi connectivity index (χ3n) is 2.48. The van der Waals surface area contributed by atoms with Crippen LogP contribution in [-0.2, 0) is 11.2 Å². The molecule has 1 aliphatic rings. The van der Waals surface area contributed by atoms with Gasteiger partial charge in [-0.05, 0) is 36.6 Å². The average molecular weight is 205 g/mol. The molecule has 1 amide bonds. The number of hydrogen-bond acceptors (Lipinski definition) is 2. The maximum Gasteiger partial charge on any atom is 0.335 e. The number of amides is 1. The Labute approximate surface area is 86.9 Å². The molecule has 15 heavy (non-hydrogen) atoms. The lowest BCUT2D eigenvalue weighted by Gasteiger charge is -2.06. The lowest BCUT2D eigenvalue weighted by atomic mass is 10.0. The molecule has 0 unspecified atom stereocenters. The van der Waals surface area contributed by atoms with E-state index in [-0.39, 0.29) is 11.5 Å². The molecule has 2 rings (SSSR count). The first kappa shape index (κ1) is 9.71. The highest BCUT2D eigenvalue weighted by molar-refractivity contribution is 5.94. The standard InChI is InChI=1S/C11H11NO3/c13-10-3-1-2-7-6-8(11(14)15)4-5-9(7)12-10/h4-6H,1-3H2,(H,12,13)(H,14,15). The summed E-state index contributed by atoms with van der Waals surface area (Å²) < 4.78 is 0. The normalized spacial score (nSPS) is 15.1. The smallest absolute Gasteiger partial charge is 0.335 e. The van der Waals surface area contributed by atoms with Gasteiger partial charge in [0.15, 0.2) is 0 Å². The molecule has 1 aromatic rings. The Morgan fingerprint density at radius 2 is 2.13 bits per heavy atom. The number of carbonyl (C=O) groups is 2. The Morgan fingerprint density at radius 1 is 1.33 bits per heavy atom. The second-order valence-corrected chi connectivity index (χ2v) is 3.58. The zero-order valence-corrected chi connectivity index (χ0v) is 8.12. The molecule has 2 N–H and O–H groups in total. The summed E-state index contributed by atoms with van der Waals surface area (Å²) in [5.74, 6) is -0.940. The van der Waals surface area contributed by atoms with Crippen LogP contribution in [0, 0.1) is 0 Å². The predicted molar refractivity (Wildman–Crippen MR) is 55.0 cm³/mol. The van der Waals surface area contributed by atoms with E-state index in [2.05, 4.69) is 5.32 Å². The van der Waals surface area contributed by atoms with Gasteiger partial charge >= 0.3 is 5.97 Å². The van der Waals surface area contributed by atoms with Crippen LogP contribution in [0.2, 0.25) is 0 Å². The number of carboxylic acid groups (broad SMARTS) is 1. The third kappa shape index (κ3) is 1.98. The summed E-state index contributed by atoms with van der Waals surface area (Å²) in [5, 5.41) is 11.6. The fourth-order valence-corrected chi connectivity index (χ4v) is 1.71. The molecule has 0 radical (unpaired) electrons. The van der Waals surface area contributed by atoms with Gasteiger partial charge in [0.25, 0.3) is 0 Å². The molecule has 78 valence electrons. The molecule has 4 heteroatoms. The van der Waals surface area contributed by atoms with Crippen LogP contribution in [0.1, 0.15) is 28.8 Å². The van der Waals surface area contributed by atoms with Gasteiger partial charge < -0.3 is 10.4 Å². The molecule has 0 fully saturated rings. The van der Waals surface area contributed by atoms with E-state index in [0.29, 0.717) is 6.42 Å². The van der Waals surface area contributed by atoms with E-state index in [1.54, 1.807) is 12.1 Å². The molecule has 1 heterocycles. The monoisotopic (exact) mass is 205 g/mol. The van der Waals surface area contributed by atoms with Gasteiger partial charge in [0, 0.05) is 12.1 Å². The SMILES string of the molecule is O=C1CCCc2cc(C(=O)O)ccc2N1. The number of hydrogen-bond donors (Lipinski definition) is 2. The number of rotatable bonds is 1. The molecule has 0 saturated carbocycles. The van der Waals surface area contributed by atoms with Gasteiger partial charge in [0.05, 0.1) is 5.56 Å². The van der Waals surface area contributed by atoms with Crippen molar-refractivity contribution >= 4 is 17.6 Å². The number of nitrogens with one attached hydrogen (secondary N) is 1. The van der Waals surface area contributed by atoms with E-state index in [1.807, 2.05) is 0 Å². The minimum atomic E-state index is -0.937. The lowest BCUT2D eigenvalue weighted by molar-refractivity contribution is -0.116. The van der Waals surface area contributed by atoms with Crippen LogP contribution in [0.4, 0.5) is 5.69 Å². The highest BCUT2D eigenvalue weighted by atomic mass is 16.4. The van der Waals surface area contributed by atoms with E-state index in [9.17, 15) is 9.59 Å². The fourth-order valence-electron chi connectivity index (χ4n) is 1.71. The Hall–Kier alpha value is -1.84. The first-order chi connectivity index (χ1) is 7.16. The Balaban J connectivity index is 2.40. The highest BCUT2D eigenvalue weighted by Crippen LogP contribution is 2.23. The summed E-state index contributed by atoms with van der Waals surface area (Å²) in [6, 6.07) is 4.79. The Morgan fingerprint density at radius 3 is 2.87 bits per heavy atom. The molecule has 0 atom stereocenters. The first-order valence-electron chi connectivity index (χ1n) is 4.83. The summed E-state index contributed by atoms with van der Waals surface area (Å²) >= 11 is 0. The molecule has 0 bridgehead atoms. The largest absolute Gasteiger partial charge is 0.478 e. The number of fused-ring (bicyclic) bond motifs is 1. The number of benzene rings is 1. The van der Waals surface area contributed by atoms with Gasteiger partial charge in [0.1, 0.15) is 0 Å². The van der Waals surface area contributed by atoms with Gasteiger partial charge in [-0.1, -0.05) is 0 Å². The third-order valence-corrected chi connectivity index (χ3v) is 2.48. The van der Waals surface area contributed by atoms with Gasteiger partial charge in [0.2, 0.25) is 5.91 Å². The van der Waals surface area contributed by atoms with Crippen molar-refractivity contribution in [3.63, 3.8) is 0 Å². The van der Waals surface area contributed by atoms with Crippen LogP contribution in [-0.4, -0.2) is 17.0 Å². The fraction of sp³-hybridized carbons (Fsp3) is 0.273. The summed E-state index contributed by atoms with van der Waals surface area (Å²) in [6.45, 7) is 0. The van der Waals surface area contributed by atoms with Crippen LogP contribution >= 0.6 is 0 Å². The van der Waals surface area contributed by atoms with Crippen molar-refractivity contribution in [2.75, 3.05) is 5.32 Å². The number of aryl methyl sites for hydroxylation is 1. The van der Waals surface area contributed by atoms with E-state index >= 15 is 0 Å². The average Bonchev–Trinajstić information content (AvgIpc) is 2.37. The minimum Gasteiger partial charge on any atom is -0.478 e. The van der Waals surface area contributed by atoms with E-state index in [1.165, 1.54) is 6.07 Å². The molecular formula is C11H11NO3. The molecule has 0 spiro atoms. The summed E-state index contributed by atoms with van der Waals surface area (Å²) in [5.41, 5.74) is 1.91. The zero-order chi connectivity index (χ0) is 10.8. The van der Waals surface area contributed by atoms with Crippen molar-refractivity contribution in [1.82, 2.24) is 0 Å². The van der Waals surface area contributed by atoms with Gasteiger partial charge in [-0.3, -0.25) is 4.79 Å². The number of aromatic carboxylic acids is 1. The predicted octanol–water partition coefficient (Wildman–Crippen LogP) is 1.66. The Bertz CT molecular complexity index is 426. The minimum absolute atomic E-state index is 0.00294. The van der Waals surface area contributed by atoms with Crippen molar-refractivity contribution < 1.29 is 14.7 Å². The molecular weight excluding hydrogens is 194 g/mol. The maximum absolute atomic E-state index is 11.2. The van der Waals surface area contributed by atoms with Crippen LogP contribution in [0.25, 0.3) is 0 Å². The zero-order valence-electron chi connectivity index (χ0n) is 8.12. The first-order valence-corrected chi connectivity index (χ1v) is 4.83. The van der Waals surface area contributed by atoms with Crippen LogP contribution < -0.4 is 5.32 Å². The van der Waals surface area contributed by atoms with Crippen LogP contribution in [0.15, 0.2) is 18.2 Å². The molecule has 4 nitrogen and oxygen atoms in total. The van der Waals surface area contributed by atoms with E-state index in [0.717, 1.165) is 24.1 Å². The topological polar surface area (TPSA) is 66.4 Å². The van der Waals surface area contributed by atoms with Crippen molar-refractivity contribution in [2.45, 2.75) is 19.3 Å². The molecule has 0 aromatic heterocycles. The lowest BCUT2D eigenvalue weighted by Crippen LogP contribution is -2.09. The van der Waals surface area contributed by atoms with Crippen LogP contribution in [0.5, 0.6) is 0 Å². The quantitative estimate of drug-likeness (QED) is 0.732.